The van der Waals surface area contributed by atoms with E-state index in [1.165, 1.54) is 0 Å². The van der Waals surface area contributed by atoms with E-state index in [2.05, 4.69) is 0 Å². The van der Waals surface area contributed by atoms with Gasteiger partial charge in [0, 0.05) is 19.1 Å². The van der Waals surface area contributed by atoms with Crippen LogP contribution in [0, 0.1) is 11.8 Å². The molecule has 1 unspecified atom stereocenters. The molecule has 0 aromatic rings. The summed E-state index contributed by atoms with van der Waals surface area (Å²) in [6, 6.07) is 0. The number of aliphatic hydroxyl groups is 3. The molecular weight excluding hydrogens is 144 g/mol. The lowest BCUT2D eigenvalue weighted by atomic mass is 9.82. The molecule has 0 saturated heterocycles. The summed E-state index contributed by atoms with van der Waals surface area (Å²) in [5.41, 5.74) is 0. The molecule has 0 fully saturated rings. The van der Waals surface area contributed by atoms with Gasteiger partial charge in [0.15, 0.2) is 0 Å². The SMILES string of the molecule is OC[C@@H]1CC=CC(O)[C@H]1CO. The minimum absolute atomic E-state index is 0.0139. The second kappa shape index (κ2) is 3.85. The summed E-state index contributed by atoms with van der Waals surface area (Å²) in [7, 11) is 0. The van der Waals surface area contributed by atoms with Gasteiger partial charge in [-0.3, -0.25) is 0 Å². The molecule has 0 spiro atoms. The summed E-state index contributed by atoms with van der Waals surface area (Å²) in [6.07, 6.45) is 3.68. The molecule has 1 aliphatic carbocycles. The third-order valence-electron chi connectivity index (χ3n) is 2.26. The van der Waals surface area contributed by atoms with Gasteiger partial charge in [0.25, 0.3) is 0 Å². The highest BCUT2D eigenvalue weighted by Gasteiger charge is 2.27. The van der Waals surface area contributed by atoms with Crippen LogP contribution < -0.4 is 0 Å². The highest BCUT2D eigenvalue weighted by Crippen LogP contribution is 2.24. The fraction of sp³-hybridized carbons (Fsp3) is 0.750. The summed E-state index contributed by atoms with van der Waals surface area (Å²) >= 11 is 0. The monoisotopic (exact) mass is 158 g/mol. The zero-order valence-corrected chi connectivity index (χ0v) is 6.35. The van der Waals surface area contributed by atoms with Gasteiger partial charge >= 0.3 is 0 Å². The quantitative estimate of drug-likeness (QED) is 0.476. The fourth-order valence-corrected chi connectivity index (χ4v) is 1.46. The van der Waals surface area contributed by atoms with Crippen molar-refractivity contribution in [3.63, 3.8) is 0 Å². The maximum atomic E-state index is 9.31. The Kier molecular flexibility index (Phi) is 3.05. The fourth-order valence-electron chi connectivity index (χ4n) is 1.46. The van der Waals surface area contributed by atoms with Crippen LogP contribution in [0.5, 0.6) is 0 Å². The van der Waals surface area contributed by atoms with Crippen molar-refractivity contribution in [1.82, 2.24) is 0 Å². The van der Waals surface area contributed by atoms with Crippen LogP contribution in [0.1, 0.15) is 6.42 Å². The number of hydrogen-bond donors (Lipinski definition) is 3. The van der Waals surface area contributed by atoms with Gasteiger partial charge in [-0.15, -0.1) is 0 Å². The van der Waals surface area contributed by atoms with Gasteiger partial charge in [0.2, 0.25) is 0 Å². The van der Waals surface area contributed by atoms with Gasteiger partial charge in [-0.25, -0.2) is 0 Å². The first-order valence-electron chi connectivity index (χ1n) is 3.86. The molecule has 0 aromatic carbocycles. The third kappa shape index (κ3) is 1.80. The van der Waals surface area contributed by atoms with E-state index in [1.807, 2.05) is 6.08 Å². The lowest BCUT2D eigenvalue weighted by Crippen LogP contribution is -2.33. The molecule has 0 bridgehead atoms. The lowest BCUT2D eigenvalue weighted by Gasteiger charge is -2.29. The van der Waals surface area contributed by atoms with E-state index in [0.29, 0.717) is 0 Å². The van der Waals surface area contributed by atoms with E-state index in [0.717, 1.165) is 6.42 Å². The second-order valence-electron chi connectivity index (χ2n) is 2.94. The predicted molar refractivity (Wildman–Crippen MR) is 40.9 cm³/mol. The first-order valence-corrected chi connectivity index (χ1v) is 3.86. The number of allylic oxidation sites excluding steroid dienone is 1. The number of aliphatic hydroxyl groups excluding tert-OH is 3. The Morgan fingerprint density at radius 2 is 2.00 bits per heavy atom. The van der Waals surface area contributed by atoms with Crippen LogP contribution in [0.25, 0.3) is 0 Å². The van der Waals surface area contributed by atoms with Crippen LogP contribution in [0.15, 0.2) is 12.2 Å². The molecular formula is C8H14O3. The molecule has 1 rings (SSSR count). The van der Waals surface area contributed by atoms with E-state index in [9.17, 15) is 5.11 Å². The highest BCUT2D eigenvalue weighted by atomic mass is 16.3. The van der Waals surface area contributed by atoms with Crippen molar-refractivity contribution >= 4 is 0 Å². The Morgan fingerprint density at radius 3 is 2.45 bits per heavy atom. The molecule has 0 amide bonds. The first-order chi connectivity index (χ1) is 5.29. The summed E-state index contributed by atoms with van der Waals surface area (Å²) in [5, 5.41) is 27.0. The summed E-state index contributed by atoms with van der Waals surface area (Å²) in [6.45, 7) is -0.0244. The van der Waals surface area contributed by atoms with Gasteiger partial charge in [0.1, 0.15) is 0 Å². The van der Waals surface area contributed by atoms with E-state index in [-0.39, 0.29) is 25.0 Å². The Morgan fingerprint density at radius 1 is 1.27 bits per heavy atom. The summed E-state index contributed by atoms with van der Waals surface area (Å²) in [5.74, 6) is -0.176. The Balaban J connectivity index is 2.60. The van der Waals surface area contributed by atoms with Crippen LogP contribution >= 0.6 is 0 Å². The first kappa shape index (κ1) is 8.71. The second-order valence-corrected chi connectivity index (χ2v) is 2.94. The van der Waals surface area contributed by atoms with Crippen molar-refractivity contribution in [2.45, 2.75) is 12.5 Å². The molecule has 64 valence electrons. The molecule has 0 heterocycles. The average molecular weight is 158 g/mol. The predicted octanol–water partition coefficient (Wildman–Crippen LogP) is -0.476. The summed E-state index contributed by atoms with van der Waals surface area (Å²) in [4.78, 5) is 0. The average Bonchev–Trinajstić information content (AvgIpc) is 2.04. The minimum atomic E-state index is -0.592. The molecule has 3 heteroatoms. The van der Waals surface area contributed by atoms with Crippen molar-refractivity contribution in [3.8, 4) is 0 Å². The van der Waals surface area contributed by atoms with Crippen molar-refractivity contribution in [2.75, 3.05) is 13.2 Å². The Labute approximate surface area is 66.0 Å². The van der Waals surface area contributed by atoms with Gasteiger partial charge in [-0.05, 0) is 12.3 Å². The molecule has 3 N–H and O–H groups in total. The molecule has 0 aromatic heterocycles. The topological polar surface area (TPSA) is 60.7 Å². The van der Waals surface area contributed by atoms with Crippen molar-refractivity contribution < 1.29 is 15.3 Å². The number of hydrogen-bond acceptors (Lipinski definition) is 3. The van der Waals surface area contributed by atoms with Gasteiger partial charge in [-0.2, -0.15) is 0 Å². The summed E-state index contributed by atoms with van der Waals surface area (Å²) < 4.78 is 0. The van der Waals surface area contributed by atoms with Gasteiger partial charge in [0.05, 0.1) is 6.10 Å². The number of rotatable bonds is 2. The van der Waals surface area contributed by atoms with Crippen molar-refractivity contribution in [1.29, 1.82) is 0 Å². The van der Waals surface area contributed by atoms with Crippen molar-refractivity contribution in [2.24, 2.45) is 11.8 Å². The van der Waals surface area contributed by atoms with Crippen LogP contribution in [0.4, 0.5) is 0 Å². The lowest BCUT2D eigenvalue weighted by molar-refractivity contribution is 0.0324. The van der Waals surface area contributed by atoms with E-state index >= 15 is 0 Å². The maximum absolute atomic E-state index is 9.31. The molecule has 0 saturated carbocycles. The van der Waals surface area contributed by atoms with E-state index < -0.39 is 6.10 Å². The Bertz CT molecular complexity index is 144. The van der Waals surface area contributed by atoms with Crippen LogP contribution in [-0.2, 0) is 0 Å². The Hall–Kier alpha value is -0.380. The zero-order valence-electron chi connectivity index (χ0n) is 6.35. The van der Waals surface area contributed by atoms with Gasteiger partial charge < -0.3 is 15.3 Å². The van der Waals surface area contributed by atoms with Crippen LogP contribution in [-0.4, -0.2) is 34.6 Å². The van der Waals surface area contributed by atoms with E-state index in [4.69, 9.17) is 10.2 Å². The largest absolute Gasteiger partial charge is 0.396 e. The maximum Gasteiger partial charge on any atom is 0.0774 e. The molecule has 0 radical (unpaired) electrons. The normalized spacial score (nSPS) is 37.5. The van der Waals surface area contributed by atoms with Crippen molar-refractivity contribution in [3.05, 3.63) is 12.2 Å². The molecule has 0 aliphatic heterocycles. The van der Waals surface area contributed by atoms with Gasteiger partial charge in [-0.1, -0.05) is 12.2 Å². The molecule has 11 heavy (non-hydrogen) atoms. The standard InChI is InChI=1S/C8H14O3/c9-4-6-2-1-3-8(11)7(6)5-10/h1,3,6-11H,2,4-5H2/t6-,7-,8?/m0/s1. The molecule has 3 atom stereocenters. The minimum Gasteiger partial charge on any atom is -0.396 e. The zero-order chi connectivity index (χ0) is 8.27. The molecule has 1 aliphatic rings. The van der Waals surface area contributed by atoms with Crippen LogP contribution in [0.2, 0.25) is 0 Å². The molecule has 3 nitrogen and oxygen atoms in total. The van der Waals surface area contributed by atoms with E-state index in [1.54, 1.807) is 6.08 Å². The smallest absolute Gasteiger partial charge is 0.0774 e. The van der Waals surface area contributed by atoms with Crippen LogP contribution in [0.3, 0.4) is 0 Å². The highest BCUT2D eigenvalue weighted by molar-refractivity contribution is 5.00. The third-order valence-corrected chi connectivity index (χ3v) is 2.26.